The maximum Gasteiger partial charge on any atom is 0.342 e. The fourth-order valence-electron chi connectivity index (χ4n) is 3.85. The smallest absolute Gasteiger partial charge is 0.342 e. The Morgan fingerprint density at radius 3 is 2.64 bits per heavy atom. The minimum absolute atomic E-state index is 0.283. The van der Waals surface area contributed by atoms with Gasteiger partial charge in [0.05, 0.1) is 13.7 Å². The molecular weight excluding hydrogens is 420 g/mol. The minimum atomic E-state index is -1.28. The summed E-state index contributed by atoms with van der Waals surface area (Å²) in [6.45, 7) is 1.19. The Kier molecular flexibility index (Phi) is 6.80. The van der Waals surface area contributed by atoms with Gasteiger partial charge in [0.2, 0.25) is 0 Å². The van der Waals surface area contributed by atoms with E-state index in [-0.39, 0.29) is 5.56 Å². The van der Waals surface area contributed by atoms with E-state index in [1.54, 1.807) is 42.6 Å². The molecule has 0 aliphatic carbocycles. The molecular formula is C26H24N2O5. The molecule has 2 heterocycles. The number of aromatic nitrogens is 2. The van der Waals surface area contributed by atoms with Crippen molar-refractivity contribution in [2.45, 2.75) is 19.6 Å². The van der Waals surface area contributed by atoms with E-state index in [1.807, 2.05) is 30.3 Å². The van der Waals surface area contributed by atoms with E-state index in [0.29, 0.717) is 54.1 Å². The van der Waals surface area contributed by atoms with Gasteiger partial charge in [-0.25, -0.2) is 9.78 Å². The van der Waals surface area contributed by atoms with Crippen molar-refractivity contribution in [2.75, 3.05) is 13.7 Å². The van der Waals surface area contributed by atoms with Gasteiger partial charge in [0.15, 0.2) is 0 Å². The molecule has 0 fully saturated rings. The second-order valence-electron chi connectivity index (χ2n) is 7.51. The highest BCUT2D eigenvalue weighted by molar-refractivity contribution is 6.05. The van der Waals surface area contributed by atoms with Gasteiger partial charge in [0, 0.05) is 30.3 Å². The standard InChI is InChI=1S/C26H24N2O5/c1-32-20-11-5-10-19(16-20)22-21-12-6-13-27-24(21)28(25(29)23(22)26(30)31)14-7-15-33-17-18-8-3-2-4-9-18/h2-6,8-13,16H,7,14-15,17H2,1H3,(H,30,31). The van der Waals surface area contributed by atoms with E-state index in [4.69, 9.17) is 9.47 Å². The van der Waals surface area contributed by atoms with Crippen LogP contribution in [0.4, 0.5) is 0 Å². The van der Waals surface area contributed by atoms with Crippen LogP contribution in [0.3, 0.4) is 0 Å². The first-order valence-electron chi connectivity index (χ1n) is 10.6. The van der Waals surface area contributed by atoms with Gasteiger partial charge >= 0.3 is 5.97 Å². The highest BCUT2D eigenvalue weighted by atomic mass is 16.5. The number of aryl methyl sites for hydroxylation is 1. The van der Waals surface area contributed by atoms with E-state index in [1.165, 1.54) is 11.7 Å². The molecule has 2 aromatic carbocycles. The third-order valence-electron chi connectivity index (χ3n) is 5.37. The lowest BCUT2D eigenvalue weighted by atomic mass is 9.97. The summed E-state index contributed by atoms with van der Waals surface area (Å²) in [5.74, 6) is -0.710. The van der Waals surface area contributed by atoms with Crippen LogP contribution >= 0.6 is 0 Å². The molecule has 1 N–H and O–H groups in total. The van der Waals surface area contributed by atoms with Crippen molar-refractivity contribution < 1.29 is 19.4 Å². The van der Waals surface area contributed by atoms with Crippen molar-refractivity contribution in [1.82, 2.24) is 9.55 Å². The molecule has 7 heteroatoms. The van der Waals surface area contributed by atoms with E-state index in [2.05, 4.69) is 4.98 Å². The van der Waals surface area contributed by atoms with Gasteiger partial charge in [0.25, 0.3) is 5.56 Å². The first kappa shape index (κ1) is 22.2. The Balaban J connectivity index is 1.69. The number of nitrogens with zero attached hydrogens (tertiary/aromatic N) is 2. The maximum absolute atomic E-state index is 13.3. The number of pyridine rings is 2. The summed E-state index contributed by atoms with van der Waals surface area (Å²) in [4.78, 5) is 30.0. The number of benzene rings is 2. The molecule has 4 rings (SSSR count). The zero-order valence-corrected chi connectivity index (χ0v) is 18.2. The molecule has 0 saturated carbocycles. The molecule has 0 amide bonds. The lowest BCUT2D eigenvalue weighted by molar-refractivity contribution is 0.0695. The van der Waals surface area contributed by atoms with Gasteiger partial charge in [-0.2, -0.15) is 0 Å². The number of hydrogen-bond acceptors (Lipinski definition) is 5. The SMILES string of the molecule is COc1cccc(-c2c(C(=O)O)c(=O)n(CCCOCc3ccccc3)c3ncccc23)c1. The van der Waals surface area contributed by atoms with E-state index in [0.717, 1.165) is 5.56 Å². The number of hydrogen-bond donors (Lipinski definition) is 1. The van der Waals surface area contributed by atoms with Crippen molar-refractivity contribution in [1.29, 1.82) is 0 Å². The van der Waals surface area contributed by atoms with E-state index in [9.17, 15) is 14.7 Å². The quantitative estimate of drug-likeness (QED) is 0.386. The van der Waals surface area contributed by atoms with Gasteiger partial charge in [-0.05, 0) is 41.8 Å². The van der Waals surface area contributed by atoms with Gasteiger partial charge in [-0.1, -0.05) is 42.5 Å². The highest BCUT2D eigenvalue weighted by Crippen LogP contribution is 2.32. The normalized spacial score (nSPS) is 10.9. The number of fused-ring (bicyclic) bond motifs is 1. The second kappa shape index (κ2) is 10.1. The fourth-order valence-corrected chi connectivity index (χ4v) is 3.85. The number of ether oxygens (including phenoxy) is 2. The molecule has 0 atom stereocenters. The second-order valence-corrected chi connectivity index (χ2v) is 7.51. The van der Waals surface area contributed by atoms with Gasteiger partial charge in [-0.3, -0.25) is 9.36 Å². The molecule has 0 aliphatic heterocycles. The molecule has 4 aromatic rings. The van der Waals surface area contributed by atoms with Crippen LogP contribution in [0, 0.1) is 0 Å². The van der Waals surface area contributed by atoms with Crippen LogP contribution in [0.2, 0.25) is 0 Å². The molecule has 7 nitrogen and oxygen atoms in total. The van der Waals surface area contributed by atoms with Crippen molar-refractivity contribution >= 4 is 17.0 Å². The van der Waals surface area contributed by atoms with Crippen LogP contribution in [-0.2, 0) is 17.9 Å². The Labute approximate surface area is 190 Å². The zero-order chi connectivity index (χ0) is 23.2. The third kappa shape index (κ3) is 4.78. The van der Waals surface area contributed by atoms with E-state index >= 15 is 0 Å². The van der Waals surface area contributed by atoms with Gasteiger partial charge < -0.3 is 14.6 Å². The first-order chi connectivity index (χ1) is 16.1. The van der Waals surface area contributed by atoms with Crippen LogP contribution in [0.15, 0.2) is 77.7 Å². The van der Waals surface area contributed by atoms with Crippen molar-refractivity contribution in [3.8, 4) is 16.9 Å². The van der Waals surface area contributed by atoms with Crippen molar-refractivity contribution in [3.05, 3.63) is 94.4 Å². The lowest BCUT2D eigenvalue weighted by Crippen LogP contribution is -2.29. The molecule has 0 bridgehead atoms. The van der Waals surface area contributed by atoms with Gasteiger partial charge in [-0.15, -0.1) is 0 Å². The summed E-state index contributed by atoms with van der Waals surface area (Å²) in [6.07, 6.45) is 2.13. The average molecular weight is 444 g/mol. The van der Waals surface area contributed by atoms with Crippen LogP contribution in [0.1, 0.15) is 22.3 Å². The summed E-state index contributed by atoms with van der Waals surface area (Å²) < 4.78 is 12.4. The number of rotatable bonds is 9. The molecule has 0 unspecified atom stereocenters. The molecule has 0 spiro atoms. The Bertz CT molecular complexity index is 1330. The van der Waals surface area contributed by atoms with E-state index < -0.39 is 11.5 Å². The average Bonchev–Trinajstić information content (AvgIpc) is 2.85. The zero-order valence-electron chi connectivity index (χ0n) is 18.2. The molecule has 168 valence electrons. The maximum atomic E-state index is 13.3. The van der Waals surface area contributed by atoms with Crippen LogP contribution in [0.5, 0.6) is 5.75 Å². The summed E-state index contributed by atoms with van der Waals surface area (Å²) in [5, 5.41) is 10.6. The number of aromatic carboxylic acids is 1. The molecule has 0 saturated heterocycles. The van der Waals surface area contributed by atoms with Crippen molar-refractivity contribution in [3.63, 3.8) is 0 Å². The summed E-state index contributed by atoms with van der Waals surface area (Å²) in [7, 11) is 1.54. The predicted octanol–water partition coefficient (Wildman–Crippen LogP) is 4.38. The Hall–Kier alpha value is -3.97. The number of carboxylic acids is 1. The predicted molar refractivity (Wildman–Crippen MR) is 126 cm³/mol. The van der Waals surface area contributed by atoms with Gasteiger partial charge in [0.1, 0.15) is 17.0 Å². The monoisotopic (exact) mass is 444 g/mol. The van der Waals surface area contributed by atoms with Crippen LogP contribution in [0.25, 0.3) is 22.2 Å². The Morgan fingerprint density at radius 2 is 1.88 bits per heavy atom. The van der Waals surface area contributed by atoms with Crippen LogP contribution < -0.4 is 10.3 Å². The lowest BCUT2D eigenvalue weighted by Gasteiger charge is -2.16. The molecule has 33 heavy (non-hydrogen) atoms. The molecule has 0 radical (unpaired) electrons. The largest absolute Gasteiger partial charge is 0.497 e. The highest BCUT2D eigenvalue weighted by Gasteiger charge is 2.23. The fraction of sp³-hybridized carbons (Fsp3) is 0.192. The van der Waals surface area contributed by atoms with Crippen molar-refractivity contribution in [2.24, 2.45) is 0 Å². The third-order valence-corrected chi connectivity index (χ3v) is 5.37. The topological polar surface area (TPSA) is 90.7 Å². The first-order valence-corrected chi connectivity index (χ1v) is 10.6. The summed E-state index contributed by atoms with van der Waals surface area (Å²) in [5.41, 5.74) is 1.56. The number of methoxy groups -OCH3 is 1. The molecule has 2 aromatic heterocycles. The summed E-state index contributed by atoms with van der Waals surface area (Å²) >= 11 is 0. The van der Waals surface area contributed by atoms with Crippen LogP contribution in [-0.4, -0.2) is 34.3 Å². The Morgan fingerprint density at radius 1 is 1.06 bits per heavy atom. The summed E-state index contributed by atoms with van der Waals surface area (Å²) in [6, 6.07) is 20.3. The molecule has 0 aliphatic rings. The number of carbonyl (C=O) groups is 1. The number of carboxylic acid groups (broad SMARTS) is 1. The minimum Gasteiger partial charge on any atom is -0.497 e.